The molecule has 0 aliphatic carbocycles. The maximum atomic E-state index is 12.3. The van der Waals surface area contributed by atoms with Crippen LogP contribution in [0.25, 0.3) is 0 Å². The summed E-state index contributed by atoms with van der Waals surface area (Å²) in [6.45, 7) is 5.78. The first-order valence-electron chi connectivity index (χ1n) is 7.20. The second-order valence-corrected chi connectivity index (χ2v) is 5.61. The van der Waals surface area contributed by atoms with E-state index in [0.29, 0.717) is 12.3 Å². The molecule has 0 aromatic heterocycles. The van der Waals surface area contributed by atoms with Crippen LogP contribution in [0.3, 0.4) is 0 Å². The van der Waals surface area contributed by atoms with Crippen LogP contribution in [0.15, 0.2) is 24.3 Å². The van der Waals surface area contributed by atoms with E-state index in [1.807, 2.05) is 4.90 Å². The van der Waals surface area contributed by atoms with Crippen molar-refractivity contribution in [3.63, 3.8) is 0 Å². The van der Waals surface area contributed by atoms with E-state index in [1.165, 1.54) is 11.1 Å². The Labute approximate surface area is 127 Å². The van der Waals surface area contributed by atoms with Crippen molar-refractivity contribution in [3.8, 4) is 0 Å². The first-order valence-corrected chi connectivity index (χ1v) is 7.20. The number of amides is 1. The van der Waals surface area contributed by atoms with Crippen LogP contribution in [0.1, 0.15) is 43.2 Å². The molecule has 3 nitrogen and oxygen atoms in total. The summed E-state index contributed by atoms with van der Waals surface area (Å²) < 4.78 is 0. The smallest absolute Gasteiger partial charge is 0.223 e. The van der Waals surface area contributed by atoms with Gasteiger partial charge in [-0.05, 0) is 31.2 Å². The van der Waals surface area contributed by atoms with Crippen molar-refractivity contribution in [2.24, 2.45) is 5.73 Å². The molecular weight excluding hydrogens is 272 g/mol. The summed E-state index contributed by atoms with van der Waals surface area (Å²) >= 11 is 0. The van der Waals surface area contributed by atoms with Crippen molar-refractivity contribution in [3.05, 3.63) is 35.4 Å². The van der Waals surface area contributed by atoms with E-state index in [1.54, 1.807) is 0 Å². The highest BCUT2D eigenvalue weighted by Gasteiger charge is 2.25. The van der Waals surface area contributed by atoms with E-state index in [4.69, 9.17) is 5.73 Å². The van der Waals surface area contributed by atoms with Gasteiger partial charge in [0, 0.05) is 25.6 Å². The lowest BCUT2D eigenvalue weighted by atomic mass is 9.92. The number of nitrogens with zero attached hydrogens (tertiary/aromatic N) is 1. The van der Waals surface area contributed by atoms with E-state index >= 15 is 0 Å². The molecule has 1 amide bonds. The maximum absolute atomic E-state index is 12.3. The van der Waals surface area contributed by atoms with Crippen LogP contribution < -0.4 is 5.73 Å². The minimum Gasteiger partial charge on any atom is -0.341 e. The minimum atomic E-state index is 0. The number of halogens is 1. The molecule has 1 aromatic carbocycles. The third-order valence-corrected chi connectivity index (χ3v) is 4.04. The number of nitrogens with two attached hydrogens (primary N) is 1. The molecule has 1 fully saturated rings. The second kappa shape index (κ2) is 7.65. The van der Waals surface area contributed by atoms with Crippen LogP contribution in [-0.2, 0) is 4.79 Å². The monoisotopic (exact) mass is 296 g/mol. The zero-order valence-corrected chi connectivity index (χ0v) is 13.2. The fraction of sp³-hybridized carbons (Fsp3) is 0.562. The molecule has 1 heterocycles. The Balaban J connectivity index is 0.00000200. The lowest BCUT2D eigenvalue weighted by Gasteiger charge is -2.20. The van der Waals surface area contributed by atoms with Gasteiger partial charge in [-0.2, -0.15) is 0 Å². The molecule has 0 spiro atoms. The van der Waals surface area contributed by atoms with Crippen molar-refractivity contribution in [1.29, 1.82) is 0 Å². The molecule has 0 bridgehead atoms. The summed E-state index contributed by atoms with van der Waals surface area (Å²) in [7, 11) is 0. The van der Waals surface area contributed by atoms with Crippen LogP contribution in [0, 0.1) is 6.92 Å². The largest absolute Gasteiger partial charge is 0.341 e. The van der Waals surface area contributed by atoms with Gasteiger partial charge in [0.15, 0.2) is 0 Å². The molecule has 1 aromatic rings. The quantitative estimate of drug-likeness (QED) is 0.928. The minimum absolute atomic E-state index is 0. The highest BCUT2D eigenvalue weighted by atomic mass is 35.5. The predicted octanol–water partition coefficient (Wildman–Crippen LogP) is 2.86. The van der Waals surface area contributed by atoms with Crippen molar-refractivity contribution in [2.75, 3.05) is 13.1 Å². The highest BCUT2D eigenvalue weighted by Crippen LogP contribution is 2.25. The zero-order chi connectivity index (χ0) is 13.8. The van der Waals surface area contributed by atoms with Crippen LogP contribution in [0.5, 0.6) is 0 Å². The average molecular weight is 297 g/mol. The summed E-state index contributed by atoms with van der Waals surface area (Å²) in [6, 6.07) is 8.70. The Morgan fingerprint density at radius 3 is 2.55 bits per heavy atom. The van der Waals surface area contributed by atoms with Gasteiger partial charge >= 0.3 is 0 Å². The van der Waals surface area contributed by atoms with Gasteiger partial charge in [0.2, 0.25) is 5.91 Å². The van der Waals surface area contributed by atoms with Gasteiger partial charge in [-0.1, -0.05) is 36.8 Å². The summed E-state index contributed by atoms with van der Waals surface area (Å²) in [5.41, 5.74) is 8.39. The molecule has 1 unspecified atom stereocenters. The summed E-state index contributed by atoms with van der Waals surface area (Å²) in [5.74, 6) is 0.574. The van der Waals surface area contributed by atoms with Crippen LogP contribution >= 0.6 is 12.4 Å². The van der Waals surface area contributed by atoms with Gasteiger partial charge in [-0.3, -0.25) is 4.79 Å². The lowest BCUT2D eigenvalue weighted by Crippen LogP contribution is -2.32. The third-order valence-electron chi connectivity index (χ3n) is 4.04. The molecule has 1 aliphatic heterocycles. The zero-order valence-electron chi connectivity index (χ0n) is 12.3. The van der Waals surface area contributed by atoms with E-state index in [0.717, 1.165) is 25.9 Å². The van der Waals surface area contributed by atoms with E-state index in [2.05, 4.69) is 38.1 Å². The molecule has 20 heavy (non-hydrogen) atoms. The summed E-state index contributed by atoms with van der Waals surface area (Å²) in [4.78, 5) is 14.2. The Morgan fingerprint density at radius 1 is 1.40 bits per heavy atom. The van der Waals surface area contributed by atoms with Crippen LogP contribution in [0.4, 0.5) is 0 Å². The van der Waals surface area contributed by atoms with Crippen LogP contribution in [0.2, 0.25) is 0 Å². The number of carbonyl (C=O) groups is 1. The Hall–Kier alpha value is -1.06. The summed E-state index contributed by atoms with van der Waals surface area (Å²) in [5, 5.41) is 0. The second-order valence-electron chi connectivity index (χ2n) is 5.61. The van der Waals surface area contributed by atoms with E-state index < -0.39 is 0 Å². The molecule has 112 valence electrons. The number of benzene rings is 1. The fourth-order valence-corrected chi connectivity index (χ4v) is 2.69. The molecule has 2 N–H and O–H groups in total. The Morgan fingerprint density at radius 2 is 2.05 bits per heavy atom. The highest BCUT2D eigenvalue weighted by molar-refractivity contribution is 5.85. The average Bonchev–Trinajstić information content (AvgIpc) is 2.84. The molecule has 0 radical (unpaired) electrons. The van der Waals surface area contributed by atoms with Crippen molar-refractivity contribution >= 4 is 18.3 Å². The SMILES string of the molecule is CCC(CC(=O)N1CC[C@@H](N)C1)c1ccc(C)cc1.Cl. The van der Waals surface area contributed by atoms with Crippen molar-refractivity contribution < 1.29 is 4.79 Å². The van der Waals surface area contributed by atoms with Crippen LogP contribution in [-0.4, -0.2) is 29.9 Å². The van der Waals surface area contributed by atoms with Crippen molar-refractivity contribution in [1.82, 2.24) is 4.90 Å². The van der Waals surface area contributed by atoms with E-state index in [9.17, 15) is 4.79 Å². The molecule has 0 saturated carbocycles. The standard InChI is InChI=1S/C16H24N2O.ClH/c1-3-13(14-6-4-12(2)5-7-14)10-16(19)18-9-8-15(17)11-18;/h4-7,13,15H,3,8-11,17H2,1-2H3;1H/t13?,15-;/m1./s1. The molecule has 1 aliphatic rings. The normalized spacial score (nSPS) is 19.6. The number of aryl methyl sites for hydroxylation is 1. The molecular formula is C16H25ClN2O. The number of carbonyl (C=O) groups excluding carboxylic acids is 1. The van der Waals surface area contributed by atoms with Gasteiger partial charge in [-0.25, -0.2) is 0 Å². The molecule has 4 heteroatoms. The third kappa shape index (κ3) is 4.22. The molecule has 2 atom stereocenters. The topological polar surface area (TPSA) is 46.3 Å². The molecule has 2 rings (SSSR count). The molecule has 1 saturated heterocycles. The van der Waals surface area contributed by atoms with E-state index in [-0.39, 0.29) is 24.4 Å². The van der Waals surface area contributed by atoms with Gasteiger partial charge in [0.05, 0.1) is 0 Å². The van der Waals surface area contributed by atoms with Gasteiger partial charge in [0.25, 0.3) is 0 Å². The number of likely N-dealkylation sites (tertiary alicyclic amines) is 1. The first kappa shape index (κ1) is 17.0. The maximum Gasteiger partial charge on any atom is 0.223 e. The van der Waals surface area contributed by atoms with Gasteiger partial charge in [-0.15, -0.1) is 12.4 Å². The first-order chi connectivity index (χ1) is 9.10. The fourth-order valence-electron chi connectivity index (χ4n) is 2.69. The number of hydrogen-bond acceptors (Lipinski definition) is 2. The Kier molecular flexibility index (Phi) is 6.50. The Bertz CT molecular complexity index is 433. The lowest BCUT2D eigenvalue weighted by molar-refractivity contribution is -0.130. The predicted molar refractivity (Wildman–Crippen MR) is 85.2 cm³/mol. The number of hydrogen-bond donors (Lipinski definition) is 1. The van der Waals surface area contributed by atoms with Gasteiger partial charge in [0.1, 0.15) is 0 Å². The van der Waals surface area contributed by atoms with Crippen molar-refractivity contribution in [2.45, 2.75) is 45.1 Å². The number of rotatable bonds is 4. The summed E-state index contributed by atoms with van der Waals surface area (Å²) in [6.07, 6.45) is 2.54. The van der Waals surface area contributed by atoms with Gasteiger partial charge < -0.3 is 10.6 Å².